The third kappa shape index (κ3) is 3.41. The summed E-state index contributed by atoms with van der Waals surface area (Å²) < 4.78 is 0. The highest BCUT2D eigenvalue weighted by Gasteiger charge is 1.92. The summed E-state index contributed by atoms with van der Waals surface area (Å²) in [6.45, 7) is 0. The van der Waals surface area contributed by atoms with Crippen LogP contribution in [-0.2, 0) is 0 Å². The lowest BCUT2D eigenvalue weighted by Crippen LogP contribution is -1.78. The smallest absolute Gasteiger partial charge is 0.0417 e. The lowest BCUT2D eigenvalue weighted by Gasteiger charge is -1.98. The van der Waals surface area contributed by atoms with Crippen molar-refractivity contribution in [3.05, 3.63) is 29.3 Å². The van der Waals surface area contributed by atoms with Crippen molar-refractivity contribution in [1.82, 2.24) is 0 Å². The summed E-state index contributed by atoms with van der Waals surface area (Å²) in [6.07, 6.45) is 0. The zero-order valence-corrected chi connectivity index (χ0v) is 8.42. The van der Waals surface area contributed by atoms with Gasteiger partial charge in [-0.25, -0.2) is 0 Å². The monoisotopic (exact) mass is 204 g/mol. The van der Waals surface area contributed by atoms with Gasteiger partial charge in [0.25, 0.3) is 0 Å². The van der Waals surface area contributed by atoms with Crippen LogP contribution >= 0.6 is 36.0 Å². The number of halogens is 1. The molecule has 60 valence electrons. The van der Waals surface area contributed by atoms with E-state index in [2.05, 4.69) is 18.7 Å². The van der Waals surface area contributed by atoms with Gasteiger partial charge in [0.05, 0.1) is 0 Å². The minimum Gasteiger partial charge on any atom is -0.178 e. The molecule has 0 unspecified atom stereocenters. The maximum Gasteiger partial charge on any atom is 0.0417 e. The predicted octanol–water partition coefficient (Wildman–Crippen LogP) is 3.36. The van der Waals surface area contributed by atoms with Crippen LogP contribution in [0.3, 0.4) is 0 Å². The van der Waals surface area contributed by atoms with Gasteiger partial charge in [0.1, 0.15) is 0 Å². The van der Waals surface area contributed by atoms with Crippen LogP contribution in [0.1, 0.15) is 0 Å². The van der Waals surface area contributed by atoms with Gasteiger partial charge >= 0.3 is 0 Å². The first kappa shape index (κ1) is 9.30. The van der Waals surface area contributed by atoms with E-state index in [0.717, 1.165) is 16.5 Å². The zero-order valence-electron chi connectivity index (χ0n) is 5.96. The zero-order chi connectivity index (χ0) is 8.10. The van der Waals surface area contributed by atoms with Crippen molar-refractivity contribution < 1.29 is 0 Å². The number of thioether (sulfide) groups is 1. The summed E-state index contributed by atoms with van der Waals surface area (Å²) in [7, 11) is 0. The first-order chi connectivity index (χ1) is 5.33. The van der Waals surface area contributed by atoms with Crippen molar-refractivity contribution in [3.63, 3.8) is 0 Å². The molecule has 0 atom stereocenters. The second kappa shape index (κ2) is 4.96. The Hall–Kier alpha value is 0.210. The molecule has 0 aromatic heterocycles. The first-order valence-electron chi connectivity index (χ1n) is 3.32. The molecule has 0 heterocycles. The lowest BCUT2D eigenvalue weighted by atomic mass is 10.4. The summed E-state index contributed by atoms with van der Waals surface area (Å²) in [4.78, 5) is 1.21. The maximum atomic E-state index is 5.79. The Labute approximate surface area is 81.7 Å². The van der Waals surface area contributed by atoms with Crippen molar-refractivity contribution in [2.75, 3.05) is 11.5 Å². The molecule has 1 aromatic rings. The molecular formula is C8H9ClS2. The molecular weight excluding hydrogens is 196 g/mol. The molecule has 0 spiro atoms. The molecule has 1 aromatic carbocycles. The van der Waals surface area contributed by atoms with Crippen LogP contribution in [0.2, 0.25) is 5.02 Å². The second-order valence-corrected chi connectivity index (χ2v) is 4.08. The largest absolute Gasteiger partial charge is 0.178 e. The van der Waals surface area contributed by atoms with Crippen LogP contribution < -0.4 is 0 Å². The highest BCUT2D eigenvalue weighted by molar-refractivity contribution is 8.00. The van der Waals surface area contributed by atoms with E-state index in [4.69, 9.17) is 11.6 Å². The van der Waals surface area contributed by atoms with E-state index in [1.54, 1.807) is 11.8 Å². The van der Waals surface area contributed by atoms with Crippen molar-refractivity contribution in [2.24, 2.45) is 0 Å². The molecule has 0 amide bonds. The Bertz CT molecular complexity index is 225. The summed E-state index contributed by atoms with van der Waals surface area (Å²) in [5.41, 5.74) is 0. The minimum absolute atomic E-state index is 0.800. The van der Waals surface area contributed by atoms with Gasteiger partial charge in [0.15, 0.2) is 0 Å². The summed E-state index contributed by atoms with van der Waals surface area (Å²) in [5, 5.41) is 0.800. The van der Waals surface area contributed by atoms with Crippen LogP contribution in [0.15, 0.2) is 29.2 Å². The van der Waals surface area contributed by atoms with Gasteiger partial charge in [-0.2, -0.15) is 12.6 Å². The third-order valence-corrected chi connectivity index (χ3v) is 2.91. The van der Waals surface area contributed by atoms with Gasteiger partial charge in [-0.05, 0) is 24.0 Å². The molecule has 3 heteroatoms. The van der Waals surface area contributed by atoms with Gasteiger partial charge < -0.3 is 0 Å². The van der Waals surface area contributed by atoms with Crippen LogP contribution in [0.4, 0.5) is 0 Å². The fourth-order valence-corrected chi connectivity index (χ4v) is 1.96. The van der Waals surface area contributed by atoms with Crippen LogP contribution in [0, 0.1) is 0 Å². The molecule has 0 radical (unpaired) electrons. The van der Waals surface area contributed by atoms with Crippen LogP contribution in [-0.4, -0.2) is 11.5 Å². The van der Waals surface area contributed by atoms with Gasteiger partial charge in [-0.15, -0.1) is 11.8 Å². The van der Waals surface area contributed by atoms with E-state index in [-0.39, 0.29) is 0 Å². The topological polar surface area (TPSA) is 0 Å². The Morgan fingerprint density at radius 1 is 1.45 bits per heavy atom. The van der Waals surface area contributed by atoms with Crippen molar-refractivity contribution >= 4 is 36.0 Å². The fourth-order valence-electron chi connectivity index (χ4n) is 0.720. The highest BCUT2D eigenvalue weighted by Crippen LogP contribution is 2.21. The van der Waals surface area contributed by atoms with Gasteiger partial charge in [-0.3, -0.25) is 0 Å². The molecule has 0 saturated carbocycles. The molecule has 0 bridgehead atoms. The van der Waals surface area contributed by atoms with Crippen molar-refractivity contribution in [1.29, 1.82) is 0 Å². The van der Waals surface area contributed by atoms with Gasteiger partial charge in [0, 0.05) is 15.7 Å². The summed E-state index contributed by atoms with van der Waals surface area (Å²) in [5.74, 6) is 1.93. The Kier molecular flexibility index (Phi) is 4.20. The van der Waals surface area contributed by atoms with Crippen molar-refractivity contribution in [3.8, 4) is 0 Å². The van der Waals surface area contributed by atoms with E-state index in [1.165, 1.54) is 4.90 Å². The number of hydrogen-bond acceptors (Lipinski definition) is 2. The minimum atomic E-state index is 0.800. The van der Waals surface area contributed by atoms with E-state index in [1.807, 2.05) is 18.2 Å². The van der Waals surface area contributed by atoms with E-state index >= 15 is 0 Å². The van der Waals surface area contributed by atoms with Gasteiger partial charge in [0.2, 0.25) is 0 Å². The average Bonchev–Trinajstić information content (AvgIpc) is 2.01. The Morgan fingerprint density at radius 3 is 2.91 bits per heavy atom. The highest BCUT2D eigenvalue weighted by atomic mass is 35.5. The molecule has 11 heavy (non-hydrogen) atoms. The van der Waals surface area contributed by atoms with Crippen LogP contribution in [0.5, 0.6) is 0 Å². The molecule has 0 nitrogen and oxygen atoms in total. The number of rotatable bonds is 3. The van der Waals surface area contributed by atoms with E-state index in [0.29, 0.717) is 0 Å². The summed E-state index contributed by atoms with van der Waals surface area (Å²) in [6, 6.07) is 7.87. The Balaban J connectivity index is 2.56. The van der Waals surface area contributed by atoms with E-state index in [9.17, 15) is 0 Å². The normalized spacial score (nSPS) is 10.0. The quantitative estimate of drug-likeness (QED) is 0.582. The van der Waals surface area contributed by atoms with Crippen LogP contribution in [0.25, 0.3) is 0 Å². The number of thiol groups is 1. The standard InChI is InChI=1S/C8H9ClS2/c9-7-2-1-3-8(6-7)11-5-4-10/h1-3,6,10H,4-5H2. The molecule has 0 aliphatic rings. The third-order valence-electron chi connectivity index (χ3n) is 1.16. The fraction of sp³-hybridized carbons (Fsp3) is 0.250. The molecule has 0 fully saturated rings. The average molecular weight is 205 g/mol. The number of benzene rings is 1. The SMILES string of the molecule is SCCSc1cccc(Cl)c1. The Morgan fingerprint density at radius 2 is 2.27 bits per heavy atom. The molecule has 1 rings (SSSR count). The molecule has 0 N–H and O–H groups in total. The molecule has 0 saturated heterocycles. The molecule has 0 aliphatic carbocycles. The lowest BCUT2D eigenvalue weighted by molar-refractivity contribution is 1.44. The first-order valence-corrected chi connectivity index (χ1v) is 5.32. The van der Waals surface area contributed by atoms with E-state index < -0.39 is 0 Å². The second-order valence-electron chi connectivity index (χ2n) is 2.03. The maximum absolute atomic E-state index is 5.79. The number of hydrogen-bond donors (Lipinski definition) is 1. The predicted molar refractivity (Wildman–Crippen MR) is 56.0 cm³/mol. The summed E-state index contributed by atoms with van der Waals surface area (Å²) >= 11 is 11.7. The van der Waals surface area contributed by atoms with Crippen molar-refractivity contribution in [2.45, 2.75) is 4.90 Å². The molecule has 0 aliphatic heterocycles. The van der Waals surface area contributed by atoms with Gasteiger partial charge in [-0.1, -0.05) is 17.7 Å².